The summed E-state index contributed by atoms with van der Waals surface area (Å²) < 4.78 is 0. The number of para-hydroxylation sites is 1. The lowest BCUT2D eigenvalue weighted by molar-refractivity contribution is 0.607. The van der Waals surface area contributed by atoms with E-state index in [9.17, 15) is 0 Å². The van der Waals surface area contributed by atoms with Gasteiger partial charge in [0.15, 0.2) is 0 Å². The van der Waals surface area contributed by atoms with Crippen LogP contribution in [0.2, 0.25) is 0 Å². The maximum atomic E-state index is 4.61. The maximum absolute atomic E-state index is 4.61. The fourth-order valence-corrected chi connectivity index (χ4v) is 4.63. The first-order chi connectivity index (χ1) is 10.4. The highest BCUT2D eigenvalue weighted by atomic mass is 32.2. The minimum absolute atomic E-state index is 0.402. The summed E-state index contributed by atoms with van der Waals surface area (Å²) in [7, 11) is 0. The molecule has 0 amide bonds. The van der Waals surface area contributed by atoms with E-state index in [0.29, 0.717) is 6.04 Å². The van der Waals surface area contributed by atoms with Crippen LogP contribution in [0.3, 0.4) is 0 Å². The topological polar surface area (TPSA) is 24.9 Å². The number of rotatable bonds is 6. The Hall–Kier alpha value is -1.06. The largest absolute Gasteiger partial charge is 0.309 e. The van der Waals surface area contributed by atoms with Gasteiger partial charge in [0.25, 0.3) is 0 Å². The normalized spacial score (nSPS) is 17.4. The summed E-state index contributed by atoms with van der Waals surface area (Å²) in [5.41, 5.74) is 2.50. The van der Waals surface area contributed by atoms with Crippen molar-refractivity contribution in [3.8, 4) is 0 Å². The average Bonchev–Trinajstić information content (AvgIpc) is 3.04. The van der Waals surface area contributed by atoms with Crippen molar-refractivity contribution in [1.82, 2.24) is 10.3 Å². The van der Waals surface area contributed by atoms with Crippen LogP contribution < -0.4 is 5.32 Å². The predicted octanol–water partition coefficient (Wildman–Crippen LogP) is 4.56. The number of hydrogen-bond donors (Lipinski definition) is 1. The zero-order chi connectivity index (χ0) is 14.5. The lowest BCUT2D eigenvalue weighted by Gasteiger charge is -2.21. The molecule has 1 N–H and O–H groups in total. The molecule has 1 saturated carbocycles. The SMILES string of the molecule is CCNC(CSC1CCCC1)c1cccc2cccnc12. The number of benzene rings is 1. The van der Waals surface area contributed by atoms with E-state index in [-0.39, 0.29) is 0 Å². The first-order valence-corrected chi connectivity index (χ1v) is 9.12. The van der Waals surface area contributed by atoms with E-state index in [0.717, 1.165) is 23.1 Å². The molecule has 0 bridgehead atoms. The lowest BCUT2D eigenvalue weighted by atomic mass is 10.0. The van der Waals surface area contributed by atoms with Gasteiger partial charge in [-0.05, 0) is 31.0 Å². The monoisotopic (exact) mass is 300 g/mol. The van der Waals surface area contributed by atoms with Crippen LogP contribution in [0.4, 0.5) is 0 Å². The molecule has 1 fully saturated rings. The molecule has 2 nitrogen and oxygen atoms in total. The summed E-state index contributed by atoms with van der Waals surface area (Å²) in [5.74, 6) is 1.15. The average molecular weight is 300 g/mol. The minimum atomic E-state index is 0.402. The molecule has 1 atom stereocenters. The van der Waals surface area contributed by atoms with E-state index in [4.69, 9.17) is 0 Å². The number of thioether (sulfide) groups is 1. The highest BCUT2D eigenvalue weighted by Gasteiger charge is 2.19. The van der Waals surface area contributed by atoms with Gasteiger partial charge in [-0.2, -0.15) is 11.8 Å². The van der Waals surface area contributed by atoms with Crippen molar-refractivity contribution in [1.29, 1.82) is 0 Å². The van der Waals surface area contributed by atoms with Crippen molar-refractivity contribution in [3.05, 3.63) is 42.1 Å². The summed E-state index contributed by atoms with van der Waals surface area (Å²) in [6.45, 7) is 3.19. The van der Waals surface area contributed by atoms with Crippen LogP contribution in [-0.4, -0.2) is 22.5 Å². The van der Waals surface area contributed by atoms with Crippen LogP contribution in [0.5, 0.6) is 0 Å². The van der Waals surface area contributed by atoms with Crippen molar-refractivity contribution in [2.45, 2.75) is 43.9 Å². The van der Waals surface area contributed by atoms with Gasteiger partial charge < -0.3 is 5.32 Å². The van der Waals surface area contributed by atoms with Gasteiger partial charge in [-0.25, -0.2) is 0 Å². The fraction of sp³-hybridized carbons (Fsp3) is 0.500. The summed E-state index contributed by atoms with van der Waals surface area (Å²) >= 11 is 2.15. The Bertz CT molecular complexity index is 573. The first kappa shape index (κ1) is 14.9. The van der Waals surface area contributed by atoms with Gasteiger partial charge in [-0.1, -0.05) is 44.0 Å². The van der Waals surface area contributed by atoms with E-state index in [2.05, 4.69) is 53.3 Å². The van der Waals surface area contributed by atoms with Gasteiger partial charge in [-0.15, -0.1) is 0 Å². The molecule has 1 unspecified atom stereocenters. The van der Waals surface area contributed by atoms with Crippen LogP contribution in [-0.2, 0) is 0 Å². The number of aromatic nitrogens is 1. The van der Waals surface area contributed by atoms with E-state index >= 15 is 0 Å². The van der Waals surface area contributed by atoms with Crippen LogP contribution in [0.25, 0.3) is 10.9 Å². The molecule has 2 aromatic rings. The first-order valence-electron chi connectivity index (χ1n) is 8.07. The standard InChI is InChI=1S/C18H24N2S/c1-2-19-17(13-21-15-9-3-4-10-15)16-11-5-7-14-8-6-12-20-18(14)16/h5-8,11-12,15,17,19H,2-4,9-10,13H2,1H3. The molecule has 0 saturated heterocycles. The van der Waals surface area contributed by atoms with Crippen molar-refractivity contribution in [2.75, 3.05) is 12.3 Å². The highest BCUT2D eigenvalue weighted by Crippen LogP contribution is 2.33. The summed E-state index contributed by atoms with van der Waals surface area (Å²) in [6.07, 6.45) is 7.53. The second-order valence-corrected chi connectivity index (χ2v) is 7.11. The van der Waals surface area contributed by atoms with Crippen molar-refractivity contribution < 1.29 is 0 Å². The van der Waals surface area contributed by atoms with Crippen LogP contribution in [0.15, 0.2) is 36.5 Å². The molecule has 1 heterocycles. The number of hydrogen-bond acceptors (Lipinski definition) is 3. The van der Waals surface area contributed by atoms with E-state index in [1.807, 2.05) is 12.3 Å². The molecule has 112 valence electrons. The van der Waals surface area contributed by atoms with Crippen LogP contribution in [0, 0.1) is 0 Å². The molecule has 1 aliphatic carbocycles. The molecule has 0 spiro atoms. The Labute approximate surface area is 131 Å². The molecule has 0 radical (unpaired) electrons. The van der Waals surface area contributed by atoms with Gasteiger partial charge in [0.1, 0.15) is 0 Å². The second-order valence-electron chi connectivity index (χ2n) is 5.77. The Kier molecular flexibility index (Phi) is 5.15. The Balaban J connectivity index is 1.80. The third-order valence-electron chi connectivity index (χ3n) is 4.29. The summed E-state index contributed by atoms with van der Waals surface area (Å²) in [4.78, 5) is 4.61. The smallest absolute Gasteiger partial charge is 0.0750 e. The predicted molar refractivity (Wildman–Crippen MR) is 92.9 cm³/mol. The number of nitrogens with zero attached hydrogens (tertiary/aromatic N) is 1. The minimum Gasteiger partial charge on any atom is -0.309 e. The van der Waals surface area contributed by atoms with Crippen molar-refractivity contribution in [3.63, 3.8) is 0 Å². The zero-order valence-corrected chi connectivity index (χ0v) is 13.5. The van der Waals surface area contributed by atoms with E-state index in [1.165, 1.54) is 36.6 Å². The number of fused-ring (bicyclic) bond motifs is 1. The fourth-order valence-electron chi connectivity index (χ4n) is 3.20. The summed E-state index contributed by atoms with van der Waals surface area (Å²) in [5, 5.41) is 5.76. The number of pyridine rings is 1. The van der Waals surface area contributed by atoms with E-state index in [1.54, 1.807) is 0 Å². The van der Waals surface area contributed by atoms with Gasteiger partial charge >= 0.3 is 0 Å². The van der Waals surface area contributed by atoms with E-state index < -0.39 is 0 Å². The molecule has 3 rings (SSSR count). The third kappa shape index (κ3) is 3.58. The van der Waals surface area contributed by atoms with Crippen LogP contribution >= 0.6 is 11.8 Å². The molecule has 0 aliphatic heterocycles. The summed E-state index contributed by atoms with van der Waals surface area (Å²) in [6, 6.07) is 11.1. The molecular weight excluding hydrogens is 276 g/mol. The van der Waals surface area contributed by atoms with Gasteiger partial charge in [0.2, 0.25) is 0 Å². The Morgan fingerprint density at radius 2 is 2.05 bits per heavy atom. The molecule has 1 aromatic heterocycles. The molecule has 21 heavy (non-hydrogen) atoms. The molecule has 1 aromatic carbocycles. The van der Waals surface area contributed by atoms with Gasteiger partial charge in [0, 0.05) is 28.6 Å². The molecular formula is C18H24N2S. The van der Waals surface area contributed by atoms with Gasteiger partial charge in [0.05, 0.1) is 5.52 Å². The zero-order valence-electron chi connectivity index (χ0n) is 12.7. The highest BCUT2D eigenvalue weighted by molar-refractivity contribution is 7.99. The quantitative estimate of drug-likeness (QED) is 0.846. The number of nitrogens with one attached hydrogen (secondary N) is 1. The Morgan fingerprint density at radius 1 is 1.24 bits per heavy atom. The second kappa shape index (κ2) is 7.28. The molecule has 3 heteroatoms. The van der Waals surface area contributed by atoms with Gasteiger partial charge in [-0.3, -0.25) is 4.98 Å². The van der Waals surface area contributed by atoms with Crippen molar-refractivity contribution in [2.24, 2.45) is 0 Å². The van der Waals surface area contributed by atoms with Crippen molar-refractivity contribution >= 4 is 22.7 Å². The Morgan fingerprint density at radius 3 is 2.86 bits per heavy atom. The van der Waals surface area contributed by atoms with Crippen LogP contribution in [0.1, 0.15) is 44.2 Å². The molecule has 1 aliphatic rings. The third-order valence-corrected chi connectivity index (χ3v) is 5.76. The maximum Gasteiger partial charge on any atom is 0.0750 e. The lowest BCUT2D eigenvalue weighted by Crippen LogP contribution is -2.24.